The van der Waals surface area contributed by atoms with Gasteiger partial charge in [-0.05, 0) is 51.4 Å². The van der Waals surface area contributed by atoms with Crippen LogP contribution in [0.5, 0.6) is 0 Å². The van der Waals surface area contributed by atoms with Crippen LogP contribution in [0.15, 0.2) is 18.2 Å². The molecule has 1 aromatic rings. The van der Waals surface area contributed by atoms with Crippen molar-refractivity contribution < 1.29 is 4.79 Å². The number of amides is 1. The molecule has 0 N–H and O–H groups in total. The summed E-state index contributed by atoms with van der Waals surface area (Å²) in [4.78, 5) is 24.0. The van der Waals surface area contributed by atoms with Gasteiger partial charge >= 0.3 is 0 Å². The summed E-state index contributed by atoms with van der Waals surface area (Å²) in [7, 11) is 4.14. The Hall–Kier alpha value is -1.62. The lowest BCUT2D eigenvalue weighted by Gasteiger charge is -2.48. The summed E-state index contributed by atoms with van der Waals surface area (Å²) in [6.45, 7) is 9.16. The van der Waals surface area contributed by atoms with Crippen LogP contribution in [-0.4, -0.2) is 67.5 Å². The van der Waals surface area contributed by atoms with Crippen LogP contribution in [0.4, 0.5) is 5.82 Å². The molecule has 0 bridgehead atoms. The monoisotopic (exact) mass is 358 g/mol. The van der Waals surface area contributed by atoms with Crippen LogP contribution < -0.4 is 4.90 Å². The van der Waals surface area contributed by atoms with Crippen molar-refractivity contribution in [3.8, 4) is 0 Å². The summed E-state index contributed by atoms with van der Waals surface area (Å²) in [5.41, 5.74) is 1.39. The van der Waals surface area contributed by atoms with Gasteiger partial charge in [-0.1, -0.05) is 19.9 Å². The summed E-state index contributed by atoms with van der Waals surface area (Å²) >= 11 is 0. The molecule has 1 aromatic heterocycles. The van der Waals surface area contributed by atoms with Crippen molar-refractivity contribution in [1.82, 2.24) is 14.8 Å². The Bertz CT molecular complexity index is 630. The molecule has 5 nitrogen and oxygen atoms in total. The zero-order chi connectivity index (χ0) is 18.7. The Morgan fingerprint density at radius 2 is 2.04 bits per heavy atom. The van der Waals surface area contributed by atoms with E-state index in [4.69, 9.17) is 4.98 Å². The van der Waals surface area contributed by atoms with E-state index in [2.05, 4.69) is 60.8 Å². The number of rotatable bonds is 5. The fourth-order valence-corrected chi connectivity index (χ4v) is 4.30. The molecule has 3 rings (SSSR count). The van der Waals surface area contributed by atoms with Crippen molar-refractivity contribution in [2.45, 2.75) is 45.4 Å². The first-order chi connectivity index (χ1) is 12.4. The minimum absolute atomic E-state index is 0.230. The van der Waals surface area contributed by atoms with Gasteiger partial charge in [-0.3, -0.25) is 4.79 Å². The maximum atomic E-state index is 12.4. The van der Waals surface area contributed by atoms with Crippen LogP contribution in [0.3, 0.4) is 0 Å². The Morgan fingerprint density at radius 3 is 2.77 bits per heavy atom. The highest BCUT2D eigenvalue weighted by Crippen LogP contribution is 2.40. The molecule has 0 aromatic carbocycles. The van der Waals surface area contributed by atoms with E-state index >= 15 is 0 Å². The minimum Gasteiger partial charge on any atom is -0.356 e. The lowest BCUT2D eigenvalue weighted by atomic mass is 9.73. The number of hydrogen-bond donors (Lipinski definition) is 0. The molecule has 0 saturated carbocycles. The van der Waals surface area contributed by atoms with Crippen LogP contribution in [0.25, 0.3) is 0 Å². The number of carbonyl (C=O) groups excluding carboxylic acids is 1. The number of likely N-dealkylation sites (N-methyl/N-ethyl adjacent to an activating group) is 1. The molecule has 2 aliphatic rings. The average molecular weight is 359 g/mol. The SMILES string of the molecule is CC(C)c1cccc(N2CCCC3(CCC(=O)N(CCN(C)C)C3)C2)n1. The minimum atomic E-state index is 0.230. The third-order valence-corrected chi connectivity index (χ3v) is 5.90. The molecule has 0 radical (unpaired) electrons. The quantitative estimate of drug-likeness (QED) is 0.811. The van der Waals surface area contributed by atoms with Gasteiger partial charge in [-0.25, -0.2) is 4.98 Å². The summed E-state index contributed by atoms with van der Waals surface area (Å²) in [5, 5.41) is 0. The molecule has 1 unspecified atom stereocenters. The third kappa shape index (κ3) is 4.37. The van der Waals surface area contributed by atoms with Crippen LogP contribution in [-0.2, 0) is 4.79 Å². The molecule has 0 aliphatic carbocycles. The van der Waals surface area contributed by atoms with Gasteiger partial charge < -0.3 is 14.7 Å². The fraction of sp³-hybridized carbons (Fsp3) is 0.714. The van der Waals surface area contributed by atoms with Crippen LogP contribution in [0.1, 0.15) is 51.1 Å². The molecule has 26 heavy (non-hydrogen) atoms. The standard InChI is InChI=1S/C21H34N4O/c1-17(2)18-7-5-8-19(22-18)24-12-6-10-21(15-24)11-9-20(26)25(16-21)14-13-23(3)4/h5,7-8,17H,6,9-16H2,1-4H3. The summed E-state index contributed by atoms with van der Waals surface area (Å²) in [6, 6.07) is 6.39. The van der Waals surface area contributed by atoms with E-state index in [1.54, 1.807) is 0 Å². The van der Waals surface area contributed by atoms with Gasteiger partial charge in [0.25, 0.3) is 0 Å². The van der Waals surface area contributed by atoms with Crippen molar-refractivity contribution in [3.63, 3.8) is 0 Å². The molecule has 2 saturated heterocycles. The second-order valence-electron chi connectivity index (χ2n) is 8.72. The van der Waals surface area contributed by atoms with Gasteiger partial charge in [-0.2, -0.15) is 0 Å². The Kier molecular flexibility index (Phi) is 5.86. The highest BCUT2D eigenvalue weighted by atomic mass is 16.2. The number of pyridine rings is 1. The van der Waals surface area contributed by atoms with Crippen molar-refractivity contribution >= 4 is 11.7 Å². The molecule has 2 aliphatic heterocycles. The van der Waals surface area contributed by atoms with Crippen LogP contribution >= 0.6 is 0 Å². The molecular formula is C21H34N4O. The maximum Gasteiger partial charge on any atom is 0.222 e. The normalized spacial score (nSPS) is 24.2. The number of hydrogen-bond acceptors (Lipinski definition) is 4. The van der Waals surface area contributed by atoms with Gasteiger partial charge in [0, 0.05) is 50.3 Å². The molecule has 3 heterocycles. The van der Waals surface area contributed by atoms with E-state index in [1.807, 2.05) is 0 Å². The summed E-state index contributed by atoms with van der Waals surface area (Å²) in [5.74, 6) is 1.88. The fourth-order valence-electron chi connectivity index (χ4n) is 4.30. The molecule has 144 valence electrons. The van der Waals surface area contributed by atoms with E-state index in [0.29, 0.717) is 18.2 Å². The van der Waals surface area contributed by atoms with Gasteiger partial charge in [-0.15, -0.1) is 0 Å². The van der Waals surface area contributed by atoms with Crippen LogP contribution in [0, 0.1) is 5.41 Å². The number of piperidine rings is 2. The van der Waals surface area contributed by atoms with Gasteiger partial charge in [0.2, 0.25) is 5.91 Å². The Morgan fingerprint density at radius 1 is 1.23 bits per heavy atom. The van der Waals surface area contributed by atoms with E-state index in [1.165, 1.54) is 12.8 Å². The number of anilines is 1. The van der Waals surface area contributed by atoms with E-state index in [0.717, 1.165) is 50.7 Å². The maximum absolute atomic E-state index is 12.4. The predicted octanol–water partition coefficient (Wildman–Crippen LogP) is 2.98. The molecule has 1 atom stereocenters. The second kappa shape index (κ2) is 7.95. The average Bonchev–Trinajstić information content (AvgIpc) is 2.63. The van der Waals surface area contributed by atoms with Crippen molar-refractivity contribution in [2.24, 2.45) is 5.41 Å². The lowest BCUT2D eigenvalue weighted by molar-refractivity contribution is -0.138. The van der Waals surface area contributed by atoms with Gasteiger partial charge in [0.1, 0.15) is 5.82 Å². The Balaban J connectivity index is 1.72. The third-order valence-electron chi connectivity index (χ3n) is 5.90. The topological polar surface area (TPSA) is 39.7 Å². The number of likely N-dealkylation sites (tertiary alicyclic amines) is 1. The van der Waals surface area contributed by atoms with Crippen molar-refractivity contribution in [3.05, 3.63) is 23.9 Å². The van der Waals surface area contributed by atoms with Crippen molar-refractivity contribution in [2.75, 3.05) is 51.7 Å². The molecular weight excluding hydrogens is 324 g/mol. The summed E-state index contributed by atoms with van der Waals surface area (Å²) < 4.78 is 0. The molecule has 1 spiro atoms. The first-order valence-electron chi connectivity index (χ1n) is 10.0. The van der Waals surface area contributed by atoms with Crippen molar-refractivity contribution in [1.29, 1.82) is 0 Å². The van der Waals surface area contributed by atoms with E-state index in [-0.39, 0.29) is 5.41 Å². The van der Waals surface area contributed by atoms with Gasteiger partial charge in [0.15, 0.2) is 0 Å². The largest absolute Gasteiger partial charge is 0.356 e. The molecule has 2 fully saturated rings. The lowest BCUT2D eigenvalue weighted by Crippen LogP contribution is -2.55. The van der Waals surface area contributed by atoms with E-state index in [9.17, 15) is 4.79 Å². The first kappa shape index (κ1) is 19.2. The highest BCUT2D eigenvalue weighted by Gasteiger charge is 2.41. The zero-order valence-electron chi connectivity index (χ0n) is 16.9. The number of aromatic nitrogens is 1. The molecule has 5 heteroatoms. The summed E-state index contributed by atoms with van der Waals surface area (Å²) in [6.07, 6.45) is 4.12. The highest BCUT2D eigenvalue weighted by molar-refractivity contribution is 5.77. The first-order valence-corrected chi connectivity index (χ1v) is 10.0. The van der Waals surface area contributed by atoms with Gasteiger partial charge in [0.05, 0.1) is 0 Å². The predicted molar refractivity (Wildman–Crippen MR) is 107 cm³/mol. The second-order valence-corrected chi connectivity index (χ2v) is 8.72. The number of carbonyl (C=O) groups is 1. The molecule has 1 amide bonds. The Labute approximate surface area is 158 Å². The number of nitrogens with zero attached hydrogens (tertiary/aromatic N) is 4. The zero-order valence-corrected chi connectivity index (χ0v) is 16.9. The van der Waals surface area contributed by atoms with E-state index < -0.39 is 0 Å². The van der Waals surface area contributed by atoms with Crippen LogP contribution in [0.2, 0.25) is 0 Å². The smallest absolute Gasteiger partial charge is 0.222 e.